The topological polar surface area (TPSA) is 65.8 Å². The Bertz CT molecular complexity index is 1500. The molecule has 0 saturated heterocycles. The summed E-state index contributed by atoms with van der Waals surface area (Å²) in [6, 6.07) is 21.2. The van der Waals surface area contributed by atoms with E-state index in [-0.39, 0.29) is 23.3 Å². The second-order valence-corrected chi connectivity index (χ2v) is 10.7. The Morgan fingerprint density at radius 2 is 1.62 bits per heavy atom. The molecule has 1 aliphatic heterocycles. The van der Waals surface area contributed by atoms with E-state index in [0.717, 1.165) is 65.7 Å². The van der Waals surface area contributed by atoms with Crippen LogP contribution in [0.1, 0.15) is 48.8 Å². The van der Waals surface area contributed by atoms with Crippen molar-refractivity contribution in [1.29, 1.82) is 5.41 Å². The van der Waals surface area contributed by atoms with E-state index in [2.05, 4.69) is 36.5 Å². The van der Waals surface area contributed by atoms with Crippen LogP contribution in [0.4, 0.5) is 8.78 Å². The molecule has 0 unspecified atom stereocenters. The highest BCUT2D eigenvalue weighted by Crippen LogP contribution is 2.36. The first-order valence-electron chi connectivity index (χ1n) is 13.8. The number of nitrogens with one attached hydrogen (secondary N) is 2. The van der Waals surface area contributed by atoms with Gasteiger partial charge in [0.1, 0.15) is 11.6 Å². The Kier molecular flexibility index (Phi) is 8.44. The first-order valence-corrected chi connectivity index (χ1v) is 13.8. The number of benzene rings is 2. The number of hydrogen-bond acceptors (Lipinski definition) is 3. The molecule has 0 aromatic heterocycles. The fourth-order valence-corrected chi connectivity index (χ4v) is 5.33. The molecule has 1 saturated carbocycles. The van der Waals surface area contributed by atoms with E-state index < -0.39 is 0 Å². The molecule has 0 spiro atoms. The molecule has 2 aliphatic carbocycles. The molecule has 40 heavy (non-hydrogen) atoms. The maximum absolute atomic E-state index is 13.4. The van der Waals surface area contributed by atoms with Crippen LogP contribution in [0.15, 0.2) is 84.6 Å². The largest absolute Gasteiger partial charge is 0.328 e. The molecule has 0 radical (unpaired) electrons. The zero-order valence-corrected chi connectivity index (χ0v) is 22.6. The molecule has 2 aromatic carbocycles. The third-order valence-electron chi connectivity index (χ3n) is 7.71. The number of carbonyl (C=O) groups is 1. The SMILES string of the molecule is Cc1ccc(CC2CCC(=CNC(=O)C(=N)CCc3ccc(F)cc3)CC2)c2cc(-c3ccc(F)cc3)nc-2c1. The maximum atomic E-state index is 13.4. The molecule has 204 valence electrons. The summed E-state index contributed by atoms with van der Waals surface area (Å²) in [5, 5.41) is 10.9. The summed E-state index contributed by atoms with van der Waals surface area (Å²) in [5.74, 6) is -0.407. The zero-order chi connectivity index (χ0) is 28.1. The molecular weight excluding hydrogens is 504 g/mol. The van der Waals surface area contributed by atoms with Crippen LogP contribution in [0.2, 0.25) is 0 Å². The number of nitrogens with zero attached hydrogens (tertiary/aromatic N) is 1. The molecule has 1 fully saturated rings. The van der Waals surface area contributed by atoms with Crippen molar-refractivity contribution >= 4 is 11.6 Å². The summed E-state index contributed by atoms with van der Waals surface area (Å²) >= 11 is 0. The molecule has 2 aromatic rings. The molecule has 3 aliphatic rings. The molecule has 0 bridgehead atoms. The van der Waals surface area contributed by atoms with Crippen LogP contribution in [-0.2, 0) is 17.6 Å². The predicted molar refractivity (Wildman–Crippen MR) is 155 cm³/mol. The summed E-state index contributed by atoms with van der Waals surface area (Å²) in [6.07, 6.45) is 7.45. The second kappa shape index (κ2) is 12.3. The lowest BCUT2D eigenvalue weighted by molar-refractivity contribution is -0.114. The van der Waals surface area contributed by atoms with Crippen LogP contribution in [0.25, 0.3) is 22.5 Å². The van der Waals surface area contributed by atoms with E-state index in [4.69, 9.17) is 10.4 Å². The van der Waals surface area contributed by atoms with Gasteiger partial charge in [-0.2, -0.15) is 0 Å². The highest BCUT2D eigenvalue weighted by Gasteiger charge is 2.21. The fraction of sp³-hybridized carbons (Fsp3) is 0.265. The minimum atomic E-state index is -0.382. The number of amides is 1. The molecule has 2 N–H and O–H groups in total. The molecule has 5 rings (SSSR count). The summed E-state index contributed by atoms with van der Waals surface area (Å²) in [5.41, 5.74) is 8.39. The van der Waals surface area contributed by atoms with Gasteiger partial charge in [-0.05, 0) is 123 Å². The molecule has 1 heterocycles. The van der Waals surface area contributed by atoms with Crippen molar-refractivity contribution < 1.29 is 13.6 Å². The van der Waals surface area contributed by atoms with E-state index in [1.165, 1.54) is 35.4 Å². The van der Waals surface area contributed by atoms with E-state index in [9.17, 15) is 13.6 Å². The van der Waals surface area contributed by atoms with Gasteiger partial charge in [0.25, 0.3) is 5.91 Å². The van der Waals surface area contributed by atoms with E-state index in [1.807, 2.05) is 0 Å². The summed E-state index contributed by atoms with van der Waals surface area (Å²) in [4.78, 5) is 17.3. The summed E-state index contributed by atoms with van der Waals surface area (Å²) < 4.78 is 26.5. The highest BCUT2D eigenvalue weighted by molar-refractivity contribution is 6.37. The number of rotatable bonds is 8. The van der Waals surface area contributed by atoms with Crippen molar-refractivity contribution in [1.82, 2.24) is 10.3 Å². The average molecular weight is 538 g/mol. The Balaban J connectivity index is 1.17. The maximum Gasteiger partial charge on any atom is 0.268 e. The van der Waals surface area contributed by atoms with Gasteiger partial charge in [-0.3, -0.25) is 10.2 Å². The summed E-state index contributed by atoms with van der Waals surface area (Å²) in [6.45, 7) is 2.07. The van der Waals surface area contributed by atoms with Crippen LogP contribution < -0.4 is 5.32 Å². The predicted octanol–water partition coefficient (Wildman–Crippen LogP) is 7.83. The Morgan fingerprint density at radius 1 is 0.950 bits per heavy atom. The van der Waals surface area contributed by atoms with Gasteiger partial charge in [-0.1, -0.05) is 29.8 Å². The number of hydrogen-bond donors (Lipinski definition) is 2. The highest BCUT2D eigenvalue weighted by atomic mass is 19.1. The number of carbonyl (C=O) groups excluding carboxylic acids is 1. The first kappa shape index (κ1) is 27.4. The molecule has 4 nitrogen and oxygen atoms in total. The van der Waals surface area contributed by atoms with Crippen LogP contribution in [-0.4, -0.2) is 16.6 Å². The number of fused-ring (bicyclic) bond motifs is 1. The van der Waals surface area contributed by atoms with Gasteiger partial charge in [0.15, 0.2) is 0 Å². The van der Waals surface area contributed by atoms with E-state index in [1.54, 1.807) is 30.5 Å². The fourth-order valence-electron chi connectivity index (χ4n) is 5.33. The Labute approximate surface area is 234 Å². The van der Waals surface area contributed by atoms with Crippen LogP contribution in [0, 0.1) is 29.9 Å². The number of allylic oxidation sites excluding steroid dienone is 1. The van der Waals surface area contributed by atoms with Crippen molar-refractivity contribution in [2.45, 2.75) is 51.9 Å². The molecule has 6 heteroatoms. The average Bonchev–Trinajstić information content (AvgIpc) is 3.31. The summed E-state index contributed by atoms with van der Waals surface area (Å²) in [7, 11) is 0. The minimum Gasteiger partial charge on any atom is -0.328 e. The lowest BCUT2D eigenvalue weighted by Gasteiger charge is -2.24. The quantitative estimate of drug-likeness (QED) is 0.225. The van der Waals surface area contributed by atoms with Crippen LogP contribution >= 0.6 is 0 Å². The monoisotopic (exact) mass is 537 g/mol. The lowest BCUT2D eigenvalue weighted by Crippen LogP contribution is -2.27. The van der Waals surface area contributed by atoms with Crippen molar-refractivity contribution in [2.24, 2.45) is 5.92 Å². The Hall–Kier alpha value is -4.19. The first-order chi connectivity index (χ1) is 19.3. The van der Waals surface area contributed by atoms with Crippen molar-refractivity contribution in [2.75, 3.05) is 0 Å². The zero-order valence-electron chi connectivity index (χ0n) is 22.6. The Morgan fingerprint density at radius 3 is 2.33 bits per heavy atom. The van der Waals surface area contributed by atoms with Crippen molar-refractivity contribution in [3.8, 4) is 22.5 Å². The van der Waals surface area contributed by atoms with Crippen molar-refractivity contribution in [3.63, 3.8) is 0 Å². The molecular formula is C34H33F2N3O. The third kappa shape index (κ3) is 6.87. The normalized spacial score (nSPS) is 15.2. The number of aromatic nitrogens is 1. The number of aryl methyl sites for hydroxylation is 2. The lowest BCUT2D eigenvalue weighted by atomic mass is 9.82. The smallest absolute Gasteiger partial charge is 0.268 e. The van der Waals surface area contributed by atoms with Gasteiger partial charge < -0.3 is 5.32 Å². The molecule has 1 amide bonds. The van der Waals surface area contributed by atoms with Crippen LogP contribution in [0.3, 0.4) is 0 Å². The standard InChI is InChI=1S/C34H33F2N3O/c1-22-2-10-27(30-20-32(39-33(30)18-22)26-11-15-29(36)16-12-26)19-24-3-5-25(6-4-24)21-38-34(40)31(37)17-9-23-7-13-28(35)14-8-23/h2,7-8,10-16,18,20-21,24,37H,3-6,9,17,19H2,1H3,(H,38,40). The van der Waals surface area contributed by atoms with Gasteiger partial charge in [0.2, 0.25) is 0 Å². The minimum absolute atomic E-state index is 0.0226. The molecule has 0 atom stereocenters. The van der Waals surface area contributed by atoms with Gasteiger partial charge in [0, 0.05) is 17.3 Å². The van der Waals surface area contributed by atoms with E-state index in [0.29, 0.717) is 18.8 Å². The van der Waals surface area contributed by atoms with Gasteiger partial charge in [-0.15, -0.1) is 0 Å². The third-order valence-corrected chi connectivity index (χ3v) is 7.71. The van der Waals surface area contributed by atoms with Crippen LogP contribution in [0.5, 0.6) is 0 Å². The number of halogens is 2. The van der Waals surface area contributed by atoms with Crippen molar-refractivity contribution in [3.05, 3.63) is 113 Å². The van der Waals surface area contributed by atoms with Gasteiger partial charge in [0.05, 0.1) is 17.1 Å². The van der Waals surface area contributed by atoms with Gasteiger partial charge >= 0.3 is 0 Å². The second-order valence-electron chi connectivity index (χ2n) is 10.7. The van der Waals surface area contributed by atoms with Gasteiger partial charge in [-0.25, -0.2) is 13.8 Å². The van der Waals surface area contributed by atoms with E-state index >= 15 is 0 Å².